The van der Waals surface area contributed by atoms with Gasteiger partial charge in [-0.25, -0.2) is 4.39 Å². The van der Waals surface area contributed by atoms with E-state index in [4.69, 9.17) is 9.15 Å². The Bertz CT molecular complexity index is 1110. The van der Waals surface area contributed by atoms with Gasteiger partial charge in [0, 0.05) is 12.1 Å². The van der Waals surface area contributed by atoms with E-state index in [-0.39, 0.29) is 17.1 Å². The summed E-state index contributed by atoms with van der Waals surface area (Å²) in [7, 11) is 0. The van der Waals surface area contributed by atoms with Crippen molar-refractivity contribution in [3.8, 4) is 5.75 Å². The smallest absolute Gasteiger partial charge is 0.328 e. The van der Waals surface area contributed by atoms with Gasteiger partial charge < -0.3 is 13.7 Å². The predicted octanol–water partition coefficient (Wildman–Crippen LogP) is 5.81. The Labute approximate surface area is 184 Å². The lowest BCUT2D eigenvalue weighted by molar-refractivity contribution is 0.0956. The van der Waals surface area contributed by atoms with Crippen molar-refractivity contribution in [3.63, 3.8) is 0 Å². The standard InChI is InChI=1S/C24H26FNO4S/c1-4-14(3)16-8-9-20(29-5-2)23(12-16)31(28)26-24(27)22-13-18-19(25)10-17(15-6-7-15)11-21(18)30-22/h8-15H,4-7H2,1-3H3,(H,26,27). The first-order valence-corrected chi connectivity index (χ1v) is 11.8. The topological polar surface area (TPSA) is 74.5 Å². The zero-order valence-corrected chi connectivity index (χ0v) is 18.7. The summed E-state index contributed by atoms with van der Waals surface area (Å²) in [5, 5.41) is 0.245. The van der Waals surface area contributed by atoms with E-state index < -0.39 is 23.1 Å². The summed E-state index contributed by atoms with van der Waals surface area (Å²) in [6, 6.07) is 10.2. The van der Waals surface area contributed by atoms with E-state index in [1.165, 1.54) is 12.1 Å². The molecule has 0 spiro atoms. The van der Waals surface area contributed by atoms with Crippen molar-refractivity contribution in [3.05, 3.63) is 59.1 Å². The number of nitrogens with one attached hydrogen (secondary N) is 1. The average Bonchev–Trinajstić information content (AvgIpc) is 3.52. The second-order valence-corrected chi connectivity index (χ2v) is 9.13. The third-order valence-corrected chi connectivity index (χ3v) is 6.81. The molecule has 164 valence electrons. The van der Waals surface area contributed by atoms with Gasteiger partial charge in [0.15, 0.2) is 11.5 Å². The number of halogens is 1. The number of fused-ring (bicyclic) bond motifs is 1. The Balaban J connectivity index is 1.58. The molecule has 1 aliphatic rings. The highest BCUT2D eigenvalue weighted by atomic mass is 32.2. The van der Waals surface area contributed by atoms with Crippen molar-refractivity contribution < 1.29 is 22.9 Å². The summed E-state index contributed by atoms with van der Waals surface area (Å²) in [5.41, 5.74) is 2.23. The number of ether oxygens (including phenoxy) is 1. The summed E-state index contributed by atoms with van der Waals surface area (Å²) in [6.45, 7) is 6.41. The zero-order valence-electron chi connectivity index (χ0n) is 17.9. The van der Waals surface area contributed by atoms with Crippen molar-refractivity contribution in [1.29, 1.82) is 0 Å². The van der Waals surface area contributed by atoms with Crippen molar-refractivity contribution in [2.24, 2.45) is 0 Å². The SMILES string of the molecule is CCOc1ccc(C(C)CC)cc1[S+]([O-])NC(=O)c1cc2c(F)cc(C3CC3)cc2o1. The highest BCUT2D eigenvalue weighted by molar-refractivity contribution is 7.90. The first-order valence-electron chi connectivity index (χ1n) is 10.6. The fourth-order valence-electron chi connectivity index (χ4n) is 3.56. The molecule has 1 heterocycles. The highest BCUT2D eigenvalue weighted by Crippen LogP contribution is 2.42. The van der Waals surface area contributed by atoms with E-state index in [2.05, 4.69) is 18.6 Å². The van der Waals surface area contributed by atoms with Crippen LogP contribution in [0.5, 0.6) is 5.75 Å². The summed E-state index contributed by atoms with van der Waals surface area (Å²) >= 11 is -1.86. The second-order valence-electron chi connectivity index (χ2n) is 7.95. The lowest BCUT2D eigenvalue weighted by Gasteiger charge is -2.16. The minimum absolute atomic E-state index is 0.0776. The lowest BCUT2D eigenvalue weighted by atomic mass is 9.99. The normalized spacial score (nSPS) is 15.6. The van der Waals surface area contributed by atoms with Crippen molar-refractivity contribution in [2.45, 2.75) is 56.8 Å². The molecule has 0 aliphatic heterocycles. The van der Waals surface area contributed by atoms with Crippen LogP contribution in [0, 0.1) is 5.82 Å². The minimum Gasteiger partial charge on any atom is -0.588 e. The molecule has 2 unspecified atom stereocenters. The molecule has 0 saturated heterocycles. The average molecular weight is 444 g/mol. The fourth-order valence-corrected chi connectivity index (χ4v) is 4.49. The minimum atomic E-state index is -1.86. The molecule has 0 radical (unpaired) electrons. The first-order chi connectivity index (χ1) is 14.9. The number of carbonyl (C=O) groups excluding carboxylic acids is 1. The number of amides is 1. The number of carbonyl (C=O) groups is 1. The summed E-state index contributed by atoms with van der Waals surface area (Å²) in [4.78, 5) is 13.1. The van der Waals surface area contributed by atoms with Gasteiger partial charge in [0.25, 0.3) is 0 Å². The van der Waals surface area contributed by atoms with E-state index in [1.54, 1.807) is 18.2 Å². The molecule has 2 atom stereocenters. The fraction of sp³-hybridized carbons (Fsp3) is 0.375. The Hall–Kier alpha value is -2.51. The van der Waals surface area contributed by atoms with Gasteiger partial charge in [-0.3, -0.25) is 4.79 Å². The number of hydrogen-bond acceptors (Lipinski definition) is 4. The van der Waals surface area contributed by atoms with Crippen LogP contribution in [0.15, 0.2) is 45.7 Å². The van der Waals surface area contributed by atoms with Crippen LogP contribution in [0.25, 0.3) is 11.0 Å². The van der Waals surface area contributed by atoms with Crippen molar-refractivity contribution in [1.82, 2.24) is 4.72 Å². The second kappa shape index (κ2) is 8.93. The van der Waals surface area contributed by atoms with Crippen molar-refractivity contribution >= 4 is 28.2 Å². The van der Waals surface area contributed by atoms with E-state index in [1.807, 2.05) is 13.0 Å². The summed E-state index contributed by atoms with van der Waals surface area (Å²) in [6.07, 6.45) is 3.01. The molecule has 5 nitrogen and oxygen atoms in total. The molecule has 1 amide bonds. The highest BCUT2D eigenvalue weighted by Gasteiger charge is 2.28. The molecule has 31 heavy (non-hydrogen) atoms. The molecule has 0 bridgehead atoms. The van der Waals surface area contributed by atoms with Crippen LogP contribution in [0.3, 0.4) is 0 Å². The summed E-state index contributed by atoms with van der Waals surface area (Å²) < 4.78 is 41.1. The van der Waals surface area contributed by atoms with Gasteiger partial charge in [-0.15, -0.1) is 0 Å². The monoisotopic (exact) mass is 443 g/mol. The molecule has 3 aromatic rings. The molecule has 2 aromatic carbocycles. The Morgan fingerprint density at radius 2 is 2.06 bits per heavy atom. The number of furan rings is 1. The van der Waals surface area contributed by atoms with Crippen LogP contribution in [-0.2, 0) is 11.4 Å². The molecule has 1 N–H and O–H groups in total. The molecule has 1 fully saturated rings. The van der Waals surface area contributed by atoms with Gasteiger partial charge in [-0.1, -0.05) is 19.9 Å². The van der Waals surface area contributed by atoms with Crippen LogP contribution in [0.1, 0.15) is 73.6 Å². The Morgan fingerprint density at radius 1 is 1.29 bits per heavy atom. The van der Waals surface area contributed by atoms with Gasteiger partial charge in [-0.2, -0.15) is 4.72 Å². The van der Waals surface area contributed by atoms with E-state index in [0.29, 0.717) is 28.8 Å². The Morgan fingerprint density at radius 3 is 2.74 bits per heavy atom. The van der Waals surface area contributed by atoms with Gasteiger partial charge in [0.1, 0.15) is 22.8 Å². The van der Waals surface area contributed by atoms with Crippen molar-refractivity contribution in [2.75, 3.05) is 6.61 Å². The largest absolute Gasteiger partial charge is 0.588 e. The van der Waals surface area contributed by atoms with E-state index in [9.17, 15) is 13.7 Å². The molecule has 7 heteroatoms. The zero-order chi connectivity index (χ0) is 22.1. The maximum atomic E-state index is 14.5. The van der Waals surface area contributed by atoms with Crippen LogP contribution < -0.4 is 9.46 Å². The Kier molecular flexibility index (Phi) is 6.25. The van der Waals surface area contributed by atoms with Crippen LogP contribution in [-0.4, -0.2) is 17.1 Å². The maximum Gasteiger partial charge on any atom is 0.328 e. The first kappa shape index (κ1) is 21.7. The van der Waals surface area contributed by atoms with Gasteiger partial charge in [-0.05, 0) is 67.3 Å². The molecule has 1 saturated carbocycles. The number of rotatable bonds is 8. The molecule has 4 rings (SSSR count). The van der Waals surface area contributed by atoms with Crippen LogP contribution in [0.2, 0.25) is 0 Å². The lowest BCUT2D eigenvalue weighted by Crippen LogP contribution is -2.30. The van der Waals surface area contributed by atoms with E-state index in [0.717, 1.165) is 30.4 Å². The van der Waals surface area contributed by atoms with Gasteiger partial charge in [0.05, 0.1) is 12.0 Å². The third-order valence-electron chi connectivity index (χ3n) is 5.72. The predicted molar refractivity (Wildman–Crippen MR) is 118 cm³/mol. The number of hydrogen-bond donors (Lipinski definition) is 1. The number of benzene rings is 2. The summed E-state index contributed by atoms with van der Waals surface area (Å²) in [5.74, 6) is -0.0599. The van der Waals surface area contributed by atoms with Crippen LogP contribution >= 0.6 is 0 Å². The van der Waals surface area contributed by atoms with Gasteiger partial charge >= 0.3 is 5.91 Å². The molecular weight excluding hydrogens is 417 g/mol. The van der Waals surface area contributed by atoms with Gasteiger partial charge in [0.2, 0.25) is 4.90 Å². The molecule has 1 aromatic heterocycles. The quantitative estimate of drug-likeness (QED) is 0.446. The molecule has 1 aliphatic carbocycles. The van der Waals surface area contributed by atoms with E-state index >= 15 is 0 Å². The van der Waals surface area contributed by atoms with Crippen LogP contribution in [0.4, 0.5) is 4.39 Å². The maximum absolute atomic E-state index is 14.5. The molecular formula is C24H26FNO4S. The third kappa shape index (κ3) is 4.57.